The third kappa shape index (κ3) is 7.75. The molecular weight excluding hydrogens is 302 g/mol. The second-order valence-corrected chi connectivity index (χ2v) is 5.27. The van der Waals surface area contributed by atoms with E-state index in [4.69, 9.17) is 4.74 Å². The highest BCUT2D eigenvalue weighted by molar-refractivity contribution is 5.85. The van der Waals surface area contributed by atoms with Crippen molar-refractivity contribution in [2.24, 2.45) is 0 Å². The molecule has 2 rings (SSSR count). The van der Waals surface area contributed by atoms with Crippen molar-refractivity contribution in [2.75, 3.05) is 45.9 Å². The third-order valence-corrected chi connectivity index (χ3v) is 3.53. The van der Waals surface area contributed by atoms with E-state index >= 15 is 0 Å². The van der Waals surface area contributed by atoms with Gasteiger partial charge < -0.3 is 20.3 Å². The molecule has 1 heterocycles. The van der Waals surface area contributed by atoms with Gasteiger partial charge in [0.05, 0.1) is 6.61 Å². The molecule has 0 radical (unpaired) electrons. The van der Waals surface area contributed by atoms with Gasteiger partial charge in [-0.05, 0) is 18.5 Å². The molecule has 1 aliphatic rings. The smallest absolute Gasteiger partial charge is 0.246 e. The molecule has 0 spiro atoms. The summed E-state index contributed by atoms with van der Waals surface area (Å²) in [5.74, 6) is -0.0359. The van der Waals surface area contributed by atoms with Crippen LogP contribution in [0.4, 0.5) is 0 Å². The van der Waals surface area contributed by atoms with Gasteiger partial charge in [0.25, 0.3) is 0 Å². The molecule has 0 aliphatic carbocycles. The zero-order chi connectivity index (χ0) is 14.8. The van der Waals surface area contributed by atoms with Crippen molar-refractivity contribution in [3.8, 4) is 0 Å². The summed E-state index contributed by atoms with van der Waals surface area (Å²) in [6, 6.07) is 9.88. The molecule has 1 aliphatic heterocycles. The van der Waals surface area contributed by atoms with Crippen molar-refractivity contribution < 1.29 is 9.53 Å². The summed E-state index contributed by atoms with van der Waals surface area (Å²) in [6.45, 7) is 6.73. The molecule has 6 heteroatoms. The van der Waals surface area contributed by atoms with Gasteiger partial charge in [-0.15, -0.1) is 12.4 Å². The van der Waals surface area contributed by atoms with Crippen molar-refractivity contribution in [2.45, 2.75) is 13.0 Å². The maximum absolute atomic E-state index is 11.6. The molecule has 0 atom stereocenters. The van der Waals surface area contributed by atoms with Crippen LogP contribution in [0, 0.1) is 0 Å². The number of nitrogens with one attached hydrogen (secondary N) is 2. The molecule has 0 unspecified atom stereocenters. The summed E-state index contributed by atoms with van der Waals surface area (Å²) >= 11 is 0. The molecule has 1 aromatic carbocycles. The Kier molecular flexibility index (Phi) is 9.82. The standard InChI is InChI=1S/C16H25N3O2.ClH/c20-16(14-21-13-15-5-2-1-3-6-15)18-7-4-10-19-11-8-17-9-12-19;/h1-3,5-6,17H,4,7-14H2,(H,18,20);1H. The van der Waals surface area contributed by atoms with E-state index < -0.39 is 0 Å². The number of carbonyl (C=O) groups excluding carboxylic acids is 1. The van der Waals surface area contributed by atoms with E-state index in [1.807, 2.05) is 30.3 Å². The lowest BCUT2D eigenvalue weighted by Gasteiger charge is -2.27. The van der Waals surface area contributed by atoms with Crippen molar-refractivity contribution in [3.05, 3.63) is 35.9 Å². The Balaban J connectivity index is 0.00000242. The van der Waals surface area contributed by atoms with E-state index in [0.29, 0.717) is 6.61 Å². The Morgan fingerprint density at radius 1 is 1.23 bits per heavy atom. The highest BCUT2D eigenvalue weighted by atomic mass is 35.5. The van der Waals surface area contributed by atoms with E-state index in [9.17, 15) is 4.79 Å². The van der Waals surface area contributed by atoms with E-state index in [0.717, 1.165) is 51.3 Å². The van der Waals surface area contributed by atoms with Crippen LogP contribution >= 0.6 is 12.4 Å². The molecular formula is C16H26ClN3O2. The predicted octanol–water partition coefficient (Wildman–Crippen LogP) is 1.04. The van der Waals surface area contributed by atoms with Crippen molar-refractivity contribution in [1.29, 1.82) is 0 Å². The average Bonchev–Trinajstić information content (AvgIpc) is 2.54. The normalized spacial score (nSPS) is 15.1. The van der Waals surface area contributed by atoms with Gasteiger partial charge in [-0.2, -0.15) is 0 Å². The molecule has 0 aromatic heterocycles. The third-order valence-electron chi connectivity index (χ3n) is 3.53. The summed E-state index contributed by atoms with van der Waals surface area (Å²) < 4.78 is 5.40. The fraction of sp³-hybridized carbons (Fsp3) is 0.562. The first-order valence-corrected chi connectivity index (χ1v) is 7.66. The van der Waals surface area contributed by atoms with E-state index in [2.05, 4.69) is 15.5 Å². The lowest BCUT2D eigenvalue weighted by molar-refractivity contribution is -0.126. The second kappa shape index (κ2) is 11.4. The van der Waals surface area contributed by atoms with Gasteiger partial charge in [0.1, 0.15) is 6.61 Å². The fourth-order valence-electron chi connectivity index (χ4n) is 2.35. The summed E-state index contributed by atoms with van der Waals surface area (Å²) in [5.41, 5.74) is 1.09. The molecule has 1 saturated heterocycles. The fourth-order valence-corrected chi connectivity index (χ4v) is 2.35. The largest absolute Gasteiger partial charge is 0.367 e. The predicted molar refractivity (Wildman–Crippen MR) is 90.3 cm³/mol. The topological polar surface area (TPSA) is 53.6 Å². The number of hydrogen-bond donors (Lipinski definition) is 2. The van der Waals surface area contributed by atoms with Crippen LogP contribution in [-0.2, 0) is 16.1 Å². The minimum absolute atomic E-state index is 0. The zero-order valence-electron chi connectivity index (χ0n) is 12.9. The van der Waals surface area contributed by atoms with Gasteiger partial charge in [-0.1, -0.05) is 30.3 Å². The van der Waals surface area contributed by atoms with Gasteiger partial charge in [0.2, 0.25) is 5.91 Å². The Labute approximate surface area is 138 Å². The molecule has 0 bridgehead atoms. The number of halogens is 1. The first-order valence-electron chi connectivity index (χ1n) is 7.66. The minimum Gasteiger partial charge on any atom is -0.367 e. The molecule has 1 fully saturated rings. The van der Waals surface area contributed by atoms with Crippen LogP contribution in [0.3, 0.4) is 0 Å². The van der Waals surface area contributed by atoms with E-state index in [-0.39, 0.29) is 24.9 Å². The van der Waals surface area contributed by atoms with Crippen LogP contribution in [0.5, 0.6) is 0 Å². The van der Waals surface area contributed by atoms with Crippen LogP contribution in [0.1, 0.15) is 12.0 Å². The molecule has 5 nitrogen and oxygen atoms in total. The van der Waals surface area contributed by atoms with Crippen LogP contribution < -0.4 is 10.6 Å². The quantitative estimate of drug-likeness (QED) is 0.700. The molecule has 22 heavy (non-hydrogen) atoms. The molecule has 0 saturated carbocycles. The van der Waals surface area contributed by atoms with E-state index in [1.54, 1.807) is 0 Å². The van der Waals surface area contributed by atoms with Crippen molar-refractivity contribution in [3.63, 3.8) is 0 Å². The second-order valence-electron chi connectivity index (χ2n) is 5.27. The summed E-state index contributed by atoms with van der Waals surface area (Å²) in [4.78, 5) is 14.0. The number of nitrogens with zero attached hydrogens (tertiary/aromatic N) is 1. The highest BCUT2D eigenvalue weighted by Crippen LogP contribution is 2.00. The summed E-state index contributed by atoms with van der Waals surface area (Å²) in [6.07, 6.45) is 0.991. The van der Waals surface area contributed by atoms with Gasteiger partial charge >= 0.3 is 0 Å². The molecule has 1 amide bonds. The Bertz CT molecular complexity index is 411. The summed E-state index contributed by atoms with van der Waals surface area (Å²) in [5, 5.41) is 6.23. The lowest BCUT2D eigenvalue weighted by Crippen LogP contribution is -2.44. The number of carbonyl (C=O) groups is 1. The Hall–Kier alpha value is -1.14. The van der Waals surface area contributed by atoms with Crippen LogP contribution in [0.15, 0.2) is 30.3 Å². The van der Waals surface area contributed by atoms with Gasteiger partial charge in [-0.25, -0.2) is 0 Å². The minimum atomic E-state index is -0.0359. The number of amides is 1. The highest BCUT2D eigenvalue weighted by Gasteiger charge is 2.08. The number of piperazine rings is 1. The van der Waals surface area contributed by atoms with Crippen molar-refractivity contribution >= 4 is 18.3 Å². The summed E-state index contributed by atoms with van der Waals surface area (Å²) in [7, 11) is 0. The molecule has 2 N–H and O–H groups in total. The van der Waals surface area contributed by atoms with Gasteiger partial charge in [0, 0.05) is 32.7 Å². The number of benzene rings is 1. The lowest BCUT2D eigenvalue weighted by atomic mass is 10.2. The SMILES string of the molecule is Cl.O=C(COCc1ccccc1)NCCCN1CCNCC1. The molecule has 1 aromatic rings. The van der Waals surface area contributed by atoms with E-state index in [1.165, 1.54) is 0 Å². The number of rotatable bonds is 8. The van der Waals surface area contributed by atoms with Crippen LogP contribution in [0.2, 0.25) is 0 Å². The molecule has 124 valence electrons. The van der Waals surface area contributed by atoms with Gasteiger partial charge in [0.15, 0.2) is 0 Å². The van der Waals surface area contributed by atoms with Crippen LogP contribution in [0.25, 0.3) is 0 Å². The average molecular weight is 328 g/mol. The van der Waals surface area contributed by atoms with Crippen molar-refractivity contribution in [1.82, 2.24) is 15.5 Å². The monoisotopic (exact) mass is 327 g/mol. The zero-order valence-corrected chi connectivity index (χ0v) is 13.7. The Morgan fingerprint density at radius 2 is 1.95 bits per heavy atom. The maximum atomic E-state index is 11.6. The number of hydrogen-bond acceptors (Lipinski definition) is 4. The Morgan fingerprint density at radius 3 is 2.68 bits per heavy atom. The first-order chi connectivity index (χ1) is 10.3. The van der Waals surface area contributed by atoms with Crippen LogP contribution in [-0.4, -0.2) is 56.7 Å². The van der Waals surface area contributed by atoms with Gasteiger partial charge in [-0.3, -0.25) is 4.79 Å². The first kappa shape index (κ1) is 18.9. The number of ether oxygens (including phenoxy) is 1. The maximum Gasteiger partial charge on any atom is 0.246 e.